The second-order valence-electron chi connectivity index (χ2n) is 4.83. The largest absolute Gasteiger partial charge is 0.480 e. The molecule has 0 saturated carbocycles. The Bertz CT molecular complexity index is 605. The molecule has 1 fully saturated rings. The molecule has 0 amide bonds. The number of benzene rings is 1. The van der Waals surface area contributed by atoms with Crippen molar-refractivity contribution in [3.63, 3.8) is 0 Å². The number of piperazine rings is 1. The van der Waals surface area contributed by atoms with Crippen LogP contribution in [-0.2, 0) is 14.8 Å². The van der Waals surface area contributed by atoms with E-state index < -0.39 is 16.0 Å². The molecule has 0 aliphatic carbocycles. The number of carbonyl (C=O) groups is 1. The molecule has 2 rings (SSSR count). The minimum Gasteiger partial charge on any atom is -0.480 e. The van der Waals surface area contributed by atoms with Crippen LogP contribution in [0.15, 0.2) is 35.7 Å². The quantitative estimate of drug-likeness (QED) is 0.866. The van der Waals surface area contributed by atoms with Gasteiger partial charge in [0.25, 0.3) is 0 Å². The monoisotopic (exact) mass is 310 g/mol. The molecule has 21 heavy (non-hydrogen) atoms. The van der Waals surface area contributed by atoms with Crippen LogP contribution in [0.1, 0.15) is 5.56 Å². The van der Waals surface area contributed by atoms with Gasteiger partial charge in [-0.1, -0.05) is 30.3 Å². The molecule has 1 aromatic rings. The Morgan fingerprint density at radius 1 is 1.14 bits per heavy atom. The summed E-state index contributed by atoms with van der Waals surface area (Å²) in [4.78, 5) is 12.4. The van der Waals surface area contributed by atoms with E-state index in [1.54, 1.807) is 11.0 Å². The van der Waals surface area contributed by atoms with Gasteiger partial charge in [-0.3, -0.25) is 9.69 Å². The minimum absolute atomic E-state index is 0.0479. The third kappa shape index (κ3) is 4.66. The number of sulfonamides is 1. The summed E-state index contributed by atoms with van der Waals surface area (Å²) in [5.74, 6) is -0.893. The van der Waals surface area contributed by atoms with E-state index in [4.69, 9.17) is 5.11 Å². The second kappa shape index (κ2) is 6.84. The lowest BCUT2D eigenvalue weighted by Gasteiger charge is -2.32. The Kier molecular flexibility index (Phi) is 5.11. The second-order valence-corrected chi connectivity index (χ2v) is 6.65. The third-order valence-corrected chi connectivity index (χ3v) is 4.85. The molecule has 0 radical (unpaired) electrons. The predicted octanol–water partition coefficient (Wildman–Crippen LogP) is 0.689. The van der Waals surface area contributed by atoms with Crippen LogP contribution in [0, 0.1) is 0 Å². The van der Waals surface area contributed by atoms with Gasteiger partial charge in [-0.05, 0) is 11.6 Å². The highest BCUT2D eigenvalue weighted by atomic mass is 32.2. The summed E-state index contributed by atoms with van der Waals surface area (Å²) in [6.45, 7) is 1.45. The fraction of sp³-hybridized carbons (Fsp3) is 0.357. The summed E-state index contributed by atoms with van der Waals surface area (Å²) in [5, 5.41) is 9.92. The molecule has 1 saturated heterocycles. The maximum Gasteiger partial charge on any atom is 0.317 e. The van der Waals surface area contributed by atoms with Crippen LogP contribution in [0.4, 0.5) is 0 Å². The average molecular weight is 310 g/mol. The number of nitrogens with zero attached hydrogens (tertiary/aromatic N) is 2. The van der Waals surface area contributed by atoms with E-state index in [2.05, 4.69) is 0 Å². The lowest BCUT2D eigenvalue weighted by molar-refractivity contribution is -0.138. The van der Waals surface area contributed by atoms with E-state index in [9.17, 15) is 13.2 Å². The lowest BCUT2D eigenvalue weighted by atomic mass is 10.2. The Hall–Kier alpha value is -1.70. The van der Waals surface area contributed by atoms with E-state index in [0.717, 1.165) is 5.56 Å². The molecule has 0 aromatic heterocycles. The number of hydrogen-bond donors (Lipinski definition) is 1. The summed E-state index contributed by atoms with van der Waals surface area (Å²) in [6.07, 6.45) is 1.57. The molecule has 1 aromatic carbocycles. The molecular weight excluding hydrogens is 292 g/mol. The van der Waals surface area contributed by atoms with Gasteiger partial charge < -0.3 is 5.11 Å². The Balaban J connectivity index is 1.95. The number of aliphatic carboxylic acids is 1. The van der Waals surface area contributed by atoms with E-state index in [-0.39, 0.29) is 6.54 Å². The van der Waals surface area contributed by atoms with Gasteiger partial charge in [0.05, 0.1) is 6.54 Å². The van der Waals surface area contributed by atoms with Crippen LogP contribution < -0.4 is 0 Å². The Morgan fingerprint density at radius 3 is 2.33 bits per heavy atom. The summed E-state index contributed by atoms with van der Waals surface area (Å²) in [6, 6.07) is 9.22. The topological polar surface area (TPSA) is 77.9 Å². The van der Waals surface area contributed by atoms with Gasteiger partial charge in [0.1, 0.15) is 0 Å². The highest BCUT2D eigenvalue weighted by Crippen LogP contribution is 2.11. The molecule has 0 unspecified atom stereocenters. The first kappa shape index (κ1) is 15.7. The zero-order valence-electron chi connectivity index (χ0n) is 11.6. The van der Waals surface area contributed by atoms with Crippen molar-refractivity contribution in [1.82, 2.24) is 9.21 Å². The van der Waals surface area contributed by atoms with Gasteiger partial charge in [-0.2, -0.15) is 4.31 Å². The normalized spacial score (nSPS) is 18.1. The molecule has 0 atom stereocenters. The van der Waals surface area contributed by atoms with Crippen molar-refractivity contribution in [2.75, 3.05) is 32.7 Å². The van der Waals surface area contributed by atoms with E-state index in [1.165, 1.54) is 9.71 Å². The van der Waals surface area contributed by atoms with Crippen LogP contribution in [0.2, 0.25) is 0 Å². The lowest BCUT2D eigenvalue weighted by Crippen LogP contribution is -2.49. The van der Waals surface area contributed by atoms with Crippen molar-refractivity contribution in [1.29, 1.82) is 0 Å². The van der Waals surface area contributed by atoms with Crippen molar-refractivity contribution < 1.29 is 18.3 Å². The van der Waals surface area contributed by atoms with Crippen molar-refractivity contribution >= 4 is 22.1 Å². The van der Waals surface area contributed by atoms with Crippen LogP contribution in [0.5, 0.6) is 0 Å². The molecule has 1 heterocycles. The number of rotatable bonds is 5. The van der Waals surface area contributed by atoms with Crippen LogP contribution in [-0.4, -0.2) is 61.4 Å². The average Bonchev–Trinajstić information content (AvgIpc) is 2.46. The first-order chi connectivity index (χ1) is 9.97. The van der Waals surface area contributed by atoms with Gasteiger partial charge in [-0.15, -0.1) is 0 Å². The van der Waals surface area contributed by atoms with Crippen molar-refractivity contribution in [2.45, 2.75) is 0 Å². The fourth-order valence-electron chi connectivity index (χ4n) is 2.15. The Labute approximate surface area is 124 Å². The molecule has 114 valence electrons. The molecule has 0 spiro atoms. The van der Waals surface area contributed by atoms with Gasteiger partial charge in [0, 0.05) is 31.6 Å². The molecule has 7 heteroatoms. The molecular formula is C14H18N2O4S. The van der Waals surface area contributed by atoms with Gasteiger partial charge in [-0.25, -0.2) is 8.42 Å². The zero-order valence-corrected chi connectivity index (χ0v) is 12.4. The van der Waals surface area contributed by atoms with Crippen LogP contribution in [0.3, 0.4) is 0 Å². The van der Waals surface area contributed by atoms with Gasteiger partial charge in [0.15, 0.2) is 0 Å². The van der Waals surface area contributed by atoms with Crippen LogP contribution in [0.25, 0.3) is 6.08 Å². The summed E-state index contributed by atoms with van der Waals surface area (Å²) in [7, 11) is -3.45. The predicted molar refractivity (Wildman–Crippen MR) is 80.0 cm³/mol. The van der Waals surface area contributed by atoms with E-state index in [0.29, 0.717) is 26.2 Å². The molecule has 1 N–H and O–H groups in total. The van der Waals surface area contributed by atoms with E-state index >= 15 is 0 Å². The van der Waals surface area contributed by atoms with Crippen molar-refractivity contribution in [3.05, 3.63) is 41.3 Å². The highest BCUT2D eigenvalue weighted by Gasteiger charge is 2.25. The minimum atomic E-state index is -3.45. The fourth-order valence-corrected chi connectivity index (χ4v) is 3.32. The van der Waals surface area contributed by atoms with Crippen molar-refractivity contribution in [2.24, 2.45) is 0 Å². The summed E-state index contributed by atoms with van der Waals surface area (Å²) >= 11 is 0. The highest BCUT2D eigenvalue weighted by molar-refractivity contribution is 7.92. The first-order valence-corrected chi connectivity index (χ1v) is 8.15. The SMILES string of the molecule is O=C(O)CN1CCN(S(=O)(=O)/C=C/c2ccccc2)CC1. The smallest absolute Gasteiger partial charge is 0.317 e. The van der Waals surface area contributed by atoms with Crippen molar-refractivity contribution in [3.8, 4) is 0 Å². The Morgan fingerprint density at radius 2 is 1.76 bits per heavy atom. The maximum atomic E-state index is 12.2. The first-order valence-electron chi connectivity index (χ1n) is 6.65. The van der Waals surface area contributed by atoms with Gasteiger partial charge in [0.2, 0.25) is 10.0 Å². The third-order valence-electron chi connectivity index (χ3n) is 3.28. The molecule has 0 bridgehead atoms. The number of carboxylic acids is 1. The molecule has 6 nitrogen and oxygen atoms in total. The zero-order chi connectivity index (χ0) is 15.3. The number of hydrogen-bond acceptors (Lipinski definition) is 4. The molecule has 1 aliphatic heterocycles. The number of carboxylic acid groups (broad SMARTS) is 1. The molecule has 1 aliphatic rings. The summed E-state index contributed by atoms with van der Waals surface area (Å²) < 4.78 is 25.8. The maximum absolute atomic E-state index is 12.2. The summed E-state index contributed by atoms with van der Waals surface area (Å²) in [5.41, 5.74) is 0.825. The standard InChI is InChI=1S/C14H18N2O4S/c17-14(18)12-15-7-9-16(10-8-15)21(19,20)11-6-13-4-2-1-3-5-13/h1-6,11H,7-10,12H2,(H,17,18)/b11-6+. The van der Waals surface area contributed by atoms with Gasteiger partial charge >= 0.3 is 5.97 Å². The van der Waals surface area contributed by atoms with E-state index in [1.807, 2.05) is 30.3 Å². The van der Waals surface area contributed by atoms with Crippen LogP contribution >= 0.6 is 0 Å².